The third-order valence-corrected chi connectivity index (χ3v) is 2.43. The topological polar surface area (TPSA) is 97.7 Å². The lowest BCUT2D eigenvalue weighted by Gasteiger charge is -1.96. The molecule has 0 aliphatic heterocycles. The Morgan fingerprint density at radius 3 is 2.88 bits per heavy atom. The molecule has 2 heterocycles. The van der Waals surface area contributed by atoms with Gasteiger partial charge in [-0.05, 0) is 23.5 Å². The standard InChI is InChI=1S/C10H9N3O4/c1-2-7-9(13(16)17)12-5-3-4-6(10(14)15)8(12)11-7/h3-5H,2H2,1H3,(H,14,15). The van der Waals surface area contributed by atoms with E-state index in [0.29, 0.717) is 6.42 Å². The number of pyridine rings is 1. The first kappa shape index (κ1) is 11.1. The molecule has 2 aromatic heterocycles. The Morgan fingerprint density at radius 1 is 1.65 bits per heavy atom. The number of rotatable bonds is 3. The molecule has 0 unspecified atom stereocenters. The van der Waals surface area contributed by atoms with Crippen LogP contribution in [0.3, 0.4) is 0 Å². The number of aromatic nitrogens is 2. The number of aryl methyl sites for hydroxylation is 1. The molecule has 0 aromatic carbocycles. The second-order valence-electron chi connectivity index (χ2n) is 3.41. The molecule has 7 nitrogen and oxygen atoms in total. The van der Waals surface area contributed by atoms with Crippen LogP contribution in [0.15, 0.2) is 18.3 Å². The highest BCUT2D eigenvalue weighted by Crippen LogP contribution is 2.23. The highest BCUT2D eigenvalue weighted by molar-refractivity contribution is 5.94. The maximum absolute atomic E-state index is 11.0. The summed E-state index contributed by atoms with van der Waals surface area (Å²) in [4.78, 5) is 25.4. The largest absolute Gasteiger partial charge is 0.477 e. The Labute approximate surface area is 95.5 Å². The van der Waals surface area contributed by atoms with Crippen LogP contribution in [0.25, 0.3) is 5.65 Å². The molecule has 17 heavy (non-hydrogen) atoms. The van der Waals surface area contributed by atoms with Gasteiger partial charge in [-0.15, -0.1) is 0 Å². The third-order valence-electron chi connectivity index (χ3n) is 2.43. The maximum Gasteiger partial charge on any atom is 0.351 e. The minimum Gasteiger partial charge on any atom is -0.477 e. The zero-order valence-corrected chi connectivity index (χ0v) is 8.95. The summed E-state index contributed by atoms with van der Waals surface area (Å²) in [6, 6.07) is 2.82. The molecular weight excluding hydrogens is 226 g/mol. The number of nitrogens with zero attached hydrogens (tertiary/aromatic N) is 3. The lowest BCUT2D eigenvalue weighted by molar-refractivity contribution is -0.391. The quantitative estimate of drug-likeness (QED) is 0.642. The van der Waals surface area contributed by atoms with Gasteiger partial charge in [0.1, 0.15) is 11.3 Å². The van der Waals surface area contributed by atoms with E-state index >= 15 is 0 Å². The van der Waals surface area contributed by atoms with Gasteiger partial charge < -0.3 is 15.2 Å². The Morgan fingerprint density at radius 2 is 2.35 bits per heavy atom. The average Bonchev–Trinajstić information content (AvgIpc) is 2.66. The van der Waals surface area contributed by atoms with Crippen molar-refractivity contribution in [2.24, 2.45) is 0 Å². The molecule has 0 aliphatic carbocycles. The summed E-state index contributed by atoms with van der Waals surface area (Å²) in [6.45, 7) is 1.73. The Kier molecular flexibility index (Phi) is 2.51. The minimum absolute atomic E-state index is 0.0460. The summed E-state index contributed by atoms with van der Waals surface area (Å²) in [7, 11) is 0. The van der Waals surface area contributed by atoms with E-state index in [1.165, 1.54) is 22.7 Å². The smallest absolute Gasteiger partial charge is 0.351 e. The van der Waals surface area contributed by atoms with E-state index < -0.39 is 10.9 Å². The molecule has 0 amide bonds. The monoisotopic (exact) mass is 235 g/mol. The van der Waals surface area contributed by atoms with E-state index in [-0.39, 0.29) is 22.7 Å². The predicted molar refractivity (Wildman–Crippen MR) is 58.2 cm³/mol. The molecule has 7 heteroatoms. The van der Waals surface area contributed by atoms with E-state index in [0.717, 1.165) is 0 Å². The summed E-state index contributed by atoms with van der Waals surface area (Å²) in [6.07, 6.45) is 1.81. The fraction of sp³-hybridized carbons (Fsp3) is 0.200. The molecular formula is C10H9N3O4. The van der Waals surface area contributed by atoms with Crippen molar-refractivity contribution in [3.63, 3.8) is 0 Å². The van der Waals surface area contributed by atoms with Gasteiger partial charge in [-0.1, -0.05) is 6.92 Å². The molecule has 0 aliphatic rings. The van der Waals surface area contributed by atoms with Gasteiger partial charge in [0.15, 0.2) is 0 Å². The summed E-state index contributed by atoms with van der Waals surface area (Å²) in [5.74, 6) is -1.33. The number of nitro groups is 1. The van der Waals surface area contributed by atoms with Gasteiger partial charge in [0, 0.05) is 0 Å². The van der Waals surface area contributed by atoms with Gasteiger partial charge in [0.25, 0.3) is 0 Å². The normalized spacial score (nSPS) is 10.6. The van der Waals surface area contributed by atoms with Crippen LogP contribution >= 0.6 is 0 Å². The van der Waals surface area contributed by atoms with Crippen molar-refractivity contribution < 1.29 is 14.8 Å². The van der Waals surface area contributed by atoms with Crippen molar-refractivity contribution in [2.45, 2.75) is 13.3 Å². The molecule has 2 rings (SSSR count). The van der Waals surface area contributed by atoms with Gasteiger partial charge in [0.2, 0.25) is 5.65 Å². The summed E-state index contributed by atoms with van der Waals surface area (Å²) < 4.78 is 1.20. The van der Waals surface area contributed by atoms with Crippen LogP contribution in [0.5, 0.6) is 0 Å². The first-order valence-corrected chi connectivity index (χ1v) is 4.94. The number of aromatic carboxylic acids is 1. The van der Waals surface area contributed by atoms with Crippen molar-refractivity contribution in [3.8, 4) is 0 Å². The minimum atomic E-state index is -1.15. The third kappa shape index (κ3) is 1.61. The van der Waals surface area contributed by atoms with Gasteiger partial charge in [-0.3, -0.25) is 0 Å². The van der Waals surface area contributed by atoms with Crippen LogP contribution in [0.1, 0.15) is 23.0 Å². The van der Waals surface area contributed by atoms with Crippen LogP contribution in [-0.2, 0) is 6.42 Å². The van der Waals surface area contributed by atoms with Crippen LogP contribution in [0.4, 0.5) is 5.82 Å². The highest BCUT2D eigenvalue weighted by Gasteiger charge is 2.24. The van der Waals surface area contributed by atoms with E-state index in [1.54, 1.807) is 6.92 Å². The number of hydrogen-bond donors (Lipinski definition) is 1. The number of carbonyl (C=O) groups is 1. The highest BCUT2D eigenvalue weighted by atomic mass is 16.6. The molecule has 0 fully saturated rings. The molecule has 0 saturated carbocycles. The second kappa shape index (κ2) is 3.85. The Bertz CT molecular complexity index is 617. The second-order valence-corrected chi connectivity index (χ2v) is 3.41. The lowest BCUT2D eigenvalue weighted by atomic mass is 10.3. The Hall–Kier alpha value is -2.44. The average molecular weight is 235 g/mol. The van der Waals surface area contributed by atoms with Gasteiger partial charge in [0.05, 0.1) is 6.20 Å². The van der Waals surface area contributed by atoms with Gasteiger partial charge >= 0.3 is 11.8 Å². The lowest BCUT2D eigenvalue weighted by Crippen LogP contribution is -2.01. The molecule has 0 radical (unpaired) electrons. The SMILES string of the molecule is CCc1nc2c(C(=O)O)cccn2c1[N+](=O)[O-]. The first-order chi connectivity index (χ1) is 8.06. The zero-order valence-electron chi connectivity index (χ0n) is 8.95. The molecule has 1 N–H and O–H groups in total. The molecule has 88 valence electrons. The van der Waals surface area contributed by atoms with Crippen LogP contribution in [0.2, 0.25) is 0 Å². The van der Waals surface area contributed by atoms with E-state index in [2.05, 4.69) is 4.98 Å². The molecule has 0 saturated heterocycles. The van der Waals surface area contributed by atoms with Crippen molar-refractivity contribution >= 4 is 17.4 Å². The van der Waals surface area contributed by atoms with Crippen molar-refractivity contribution in [2.75, 3.05) is 0 Å². The fourth-order valence-corrected chi connectivity index (χ4v) is 1.70. The van der Waals surface area contributed by atoms with Gasteiger partial charge in [-0.25, -0.2) is 9.78 Å². The summed E-state index contributed by atoms with van der Waals surface area (Å²) in [5.41, 5.74) is 0.336. The van der Waals surface area contributed by atoms with Crippen molar-refractivity contribution in [3.05, 3.63) is 39.7 Å². The number of carboxylic acids is 1. The maximum atomic E-state index is 11.0. The van der Waals surface area contributed by atoms with Crippen LogP contribution in [-0.4, -0.2) is 25.4 Å². The summed E-state index contributed by atoms with van der Waals surface area (Å²) >= 11 is 0. The molecule has 0 atom stereocenters. The number of imidazole rings is 1. The number of carboxylic acid groups (broad SMARTS) is 1. The Balaban J connectivity index is 2.87. The zero-order chi connectivity index (χ0) is 12.6. The molecule has 0 bridgehead atoms. The first-order valence-electron chi connectivity index (χ1n) is 4.94. The summed E-state index contributed by atoms with van der Waals surface area (Å²) in [5, 5.41) is 19.9. The molecule has 0 spiro atoms. The van der Waals surface area contributed by atoms with E-state index in [9.17, 15) is 14.9 Å². The van der Waals surface area contributed by atoms with Crippen LogP contribution in [0, 0.1) is 10.1 Å². The van der Waals surface area contributed by atoms with Crippen LogP contribution < -0.4 is 0 Å². The van der Waals surface area contributed by atoms with Crippen molar-refractivity contribution in [1.82, 2.24) is 9.38 Å². The number of hydrogen-bond acceptors (Lipinski definition) is 4. The van der Waals surface area contributed by atoms with Gasteiger partial charge in [-0.2, -0.15) is 4.40 Å². The van der Waals surface area contributed by atoms with E-state index in [4.69, 9.17) is 5.11 Å². The van der Waals surface area contributed by atoms with E-state index in [1.807, 2.05) is 0 Å². The predicted octanol–water partition coefficient (Wildman–Crippen LogP) is 1.50. The number of fused-ring (bicyclic) bond motifs is 1. The van der Waals surface area contributed by atoms with Crippen molar-refractivity contribution in [1.29, 1.82) is 0 Å². The molecule has 2 aromatic rings. The fourth-order valence-electron chi connectivity index (χ4n) is 1.70.